The van der Waals surface area contributed by atoms with Crippen LogP contribution in [0.2, 0.25) is 0 Å². The van der Waals surface area contributed by atoms with Gasteiger partial charge in [-0.15, -0.1) is 0 Å². The number of pyridine rings is 1. The minimum absolute atomic E-state index is 0.662. The third kappa shape index (κ3) is 1.81. The van der Waals surface area contributed by atoms with E-state index in [0.29, 0.717) is 6.04 Å². The minimum Gasteiger partial charge on any atom is -0.367 e. The van der Waals surface area contributed by atoms with Crippen LogP contribution in [0.1, 0.15) is 24.8 Å². The van der Waals surface area contributed by atoms with Crippen LogP contribution in [0.5, 0.6) is 0 Å². The van der Waals surface area contributed by atoms with Crippen molar-refractivity contribution in [1.82, 2.24) is 4.98 Å². The monoisotopic (exact) mass is 302 g/mol. The Hall–Kier alpha value is -1.09. The standard InChI is InChI=1S/C15H15BrN2/c16-12-5-3-10-7-11-4-6-13(9-1-2-9)17-15(11)18-14(10)8-12/h3,5,7-9,13H,1-2,4,6H2,(H,17,18)/t13-/m0/s1. The third-order valence-electron chi connectivity index (χ3n) is 4.10. The van der Waals surface area contributed by atoms with Gasteiger partial charge in [0.1, 0.15) is 5.82 Å². The molecule has 1 aliphatic carbocycles. The summed E-state index contributed by atoms with van der Waals surface area (Å²) in [6, 6.07) is 9.27. The molecule has 1 N–H and O–H groups in total. The van der Waals surface area contributed by atoms with Gasteiger partial charge in [0.15, 0.2) is 0 Å². The molecule has 4 rings (SSSR count). The van der Waals surface area contributed by atoms with Gasteiger partial charge in [0.2, 0.25) is 0 Å². The van der Waals surface area contributed by atoms with Gasteiger partial charge in [-0.3, -0.25) is 0 Å². The lowest BCUT2D eigenvalue weighted by atomic mass is 9.97. The highest BCUT2D eigenvalue weighted by Gasteiger charge is 2.33. The van der Waals surface area contributed by atoms with E-state index in [1.807, 2.05) is 0 Å². The molecule has 18 heavy (non-hydrogen) atoms. The first kappa shape index (κ1) is 10.8. The molecule has 1 aromatic carbocycles. The van der Waals surface area contributed by atoms with Crippen LogP contribution in [-0.4, -0.2) is 11.0 Å². The van der Waals surface area contributed by atoms with E-state index < -0.39 is 0 Å². The summed E-state index contributed by atoms with van der Waals surface area (Å²) in [5, 5.41) is 4.88. The van der Waals surface area contributed by atoms with Gasteiger partial charge in [-0.25, -0.2) is 4.98 Å². The molecular weight excluding hydrogens is 288 g/mol. The summed E-state index contributed by atoms with van der Waals surface area (Å²) < 4.78 is 1.09. The number of fused-ring (bicyclic) bond motifs is 2. The molecule has 0 radical (unpaired) electrons. The van der Waals surface area contributed by atoms with Crippen molar-refractivity contribution in [3.05, 3.63) is 34.3 Å². The van der Waals surface area contributed by atoms with Gasteiger partial charge >= 0.3 is 0 Å². The van der Waals surface area contributed by atoms with Gasteiger partial charge < -0.3 is 5.32 Å². The maximum atomic E-state index is 4.80. The molecule has 1 aromatic heterocycles. The first-order valence-electron chi connectivity index (χ1n) is 6.65. The Morgan fingerprint density at radius 1 is 1.17 bits per heavy atom. The quantitative estimate of drug-likeness (QED) is 0.856. The number of rotatable bonds is 1. The summed E-state index contributed by atoms with van der Waals surface area (Å²) in [7, 11) is 0. The SMILES string of the molecule is Brc1ccc2cc3c(nc2c1)N[C@H](C1CC1)CC3. The molecular formula is C15H15BrN2. The van der Waals surface area contributed by atoms with E-state index in [1.54, 1.807) is 0 Å². The molecule has 1 aliphatic heterocycles. The molecule has 92 valence electrons. The summed E-state index contributed by atoms with van der Waals surface area (Å²) in [5.41, 5.74) is 2.45. The van der Waals surface area contributed by atoms with E-state index >= 15 is 0 Å². The number of hydrogen-bond donors (Lipinski definition) is 1. The third-order valence-corrected chi connectivity index (χ3v) is 4.59. The Labute approximate surface area is 115 Å². The Morgan fingerprint density at radius 2 is 2.06 bits per heavy atom. The highest BCUT2D eigenvalue weighted by molar-refractivity contribution is 9.10. The lowest BCUT2D eigenvalue weighted by molar-refractivity contribution is 0.566. The molecule has 2 nitrogen and oxygen atoms in total. The fourth-order valence-corrected chi connectivity index (χ4v) is 3.26. The first-order chi connectivity index (χ1) is 8.79. The second-order valence-electron chi connectivity index (χ2n) is 5.46. The predicted molar refractivity (Wildman–Crippen MR) is 77.9 cm³/mol. The van der Waals surface area contributed by atoms with Crippen molar-refractivity contribution in [3.63, 3.8) is 0 Å². The highest BCUT2D eigenvalue weighted by atomic mass is 79.9. The second kappa shape index (κ2) is 3.95. The van der Waals surface area contributed by atoms with Crippen molar-refractivity contribution in [3.8, 4) is 0 Å². The summed E-state index contributed by atoms with van der Waals surface area (Å²) in [6.07, 6.45) is 5.22. The number of aryl methyl sites for hydroxylation is 1. The van der Waals surface area contributed by atoms with Crippen LogP contribution in [-0.2, 0) is 6.42 Å². The summed E-state index contributed by atoms with van der Waals surface area (Å²) in [6.45, 7) is 0. The number of hydrogen-bond acceptors (Lipinski definition) is 2. The van der Waals surface area contributed by atoms with Crippen molar-refractivity contribution in [1.29, 1.82) is 0 Å². The largest absolute Gasteiger partial charge is 0.367 e. The van der Waals surface area contributed by atoms with E-state index in [9.17, 15) is 0 Å². The van der Waals surface area contributed by atoms with Crippen molar-refractivity contribution in [2.75, 3.05) is 5.32 Å². The summed E-state index contributed by atoms with van der Waals surface area (Å²) in [5.74, 6) is 2.02. The Bertz CT molecular complexity index is 619. The predicted octanol–water partition coefficient (Wildman–Crippen LogP) is 4.13. The van der Waals surface area contributed by atoms with Gasteiger partial charge in [-0.1, -0.05) is 22.0 Å². The zero-order chi connectivity index (χ0) is 12.1. The van der Waals surface area contributed by atoms with Crippen molar-refractivity contribution >= 4 is 32.7 Å². The van der Waals surface area contributed by atoms with Gasteiger partial charge in [-0.2, -0.15) is 0 Å². The van der Waals surface area contributed by atoms with Crippen LogP contribution >= 0.6 is 15.9 Å². The molecule has 0 spiro atoms. The first-order valence-corrected chi connectivity index (χ1v) is 7.44. The molecule has 0 saturated heterocycles. The lowest BCUT2D eigenvalue weighted by Crippen LogP contribution is -2.28. The van der Waals surface area contributed by atoms with Crippen LogP contribution in [0.3, 0.4) is 0 Å². The fraction of sp³-hybridized carbons (Fsp3) is 0.400. The number of nitrogens with one attached hydrogen (secondary N) is 1. The normalized spacial score (nSPS) is 22.6. The molecule has 3 heteroatoms. The average Bonchev–Trinajstić information content (AvgIpc) is 3.20. The van der Waals surface area contributed by atoms with E-state index in [-0.39, 0.29) is 0 Å². The van der Waals surface area contributed by atoms with Gasteiger partial charge in [0.05, 0.1) is 5.52 Å². The highest BCUT2D eigenvalue weighted by Crippen LogP contribution is 2.39. The summed E-state index contributed by atoms with van der Waals surface area (Å²) >= 11 is 3.51. The molecule has 2 aromatic rings. The number of anilines is 1. The Balaban J connectivity index is 1.78. The van der Waals surface area contributed by atoms with Crippen LogP contribution in [0.4, 0.5) is 5.82 Å². The van der Waals surface area contributed by atoms with E-state index in [0.717, 1.165) is 21.7 Å². The van der Waals surface area contributed by atoms with E-state index in [2.05, 4.69) is 45.5 Å². The molecule has 2 heterocycles. The Morgan fingerprint density at radius 3 is 2.89 bits per heavy atom. The van der Waals surface area contributed by atoms with Gasteiger partial charge in [0.25, 0.3) is 0 Å². The average molecular weight is 303 g/mol. The number of halogens is 1. The van der Waals surface area contributed by atoms with E-state index in [1.165, 1.54) is 36.6 Å². The molecule has 0 unspecified atom stereocenters. The second-order valence-corrected chi connectivity index (χ2v) is 6.38. The van der Waals surface area contributed by atoms with Crippen LogP contribution in [0.25, 0.3) is 10.9 Å². The maximum absolute atomic E-state index is 4.80. The van der Waals surface area contributed by atoms with Crippen LogP contribution in [0.15, 0.2) is 28.7 Å². The molecule has 2 aliphatic rings. The molecule has 0 bridgehead atoms. The molecule has 1 saturated carbocycles. The fourth-order valence-electron chi connectivity index (χ4n) is 2.91. The Kier molecular flexibility index (Phi) is 2.37. The zero-order valence-corrected chi connectivity index (χ0v) is 11.7. The summed E-state index contributed by atoms with van der Waals surface area (Å²) in [4.78, 5) is 4.80. The van der Waals surface area contributed by atoms with Crippen molar-refractivity contribution in [2.24, 2.45) is 5.92 Å². The smallest absolute Gasteiger partial charge is 0.130 e. The maximum Gasteiger partial charge on any atom is 0.130 e. The van der Waals surface area contributed by atoms with Crippen molar-refractivity contribution in [2.45, 2.75) is 31.7 Å². The molecule has 0 amide bonds. The van der Waals surface area contributed by atoms with Crippen molar-refractivity contribution < 1.29 is 0 Å². The van der Waals surface area contributed by atoms with Crippen LogP contribution in [0, 0.1) is 5.92 Å². The van der Waals surface area contributed by atoms with E-state index in [4.69, 9.17) is 4.98 Å². The number of aromatic nitrogens is 1. The minimum atomic E-state index is 0.662. The topological polar surface area (TPSA) is 24.9 Å². The zero-order valence-electron chi connectivity index (χ0n) is 10.1. The van der Waals surface area contributed by atoms with Gasteiger partial charge in [0, 0.05) is 15.9 Å². The molecule has 1 atom stereocenters. The van der Waals surface area contributed by atoms with Crippen LogP contribution < -0.4 is 5.32 Å². The number of benzene rings is 1. The van der Waals surface area contributed by atoms with Gasteiger partial charge in [-0.05, 0) is 55.4 Å². The molecule has 1 fully saturated rings. The lowest BCUT2D eigenvalue weighted by Gasteiger charge is -2.26. The number of nitrogens with zero attached hydrogens (tertiary/aromatic N) is 1.